The highest BCUT2D eigenvalue weighted by Crippen LogP contribution is 2.21. The molecule has 2 heterocycles. The normalized spacial score (nSPS) is 14.4. The zero-order valence-electron chi connectivity index (χ0n) is 16.8. The van der Waals surface area contributed by atoms with Gasteiger partial charge in [0.2, 0.25) is 5.91 Å². The second kappa shape index (κ2) is 7.90. The molecule has 1 saturated heterocycles. The minimum atomic E-state index is -0.500. The van der Waals surface area contributed by atoms with Crippen LogP contribution in [0.1, 0.15) is 35.8 Å². The molecule has 3 aromatic rings. The van der Waals surface area contributed by atoms with Gasteiger partial charge in [-0.05, 0) is 37.1 Å². The van der Waals surface area contributed by atoms with Crippen molar-refractivity contribution in [1.82, 2.24) is 15.2 Å². The molecule has 1 aliphatic rings. The first-order valence-electron chi connectivity index (χ1n) is 9.67. The van der Waals surface area contributed by atoms with E-state index in [-0.39, 0.29) is 17.2 Å². The van der Waals surface area contributed by atoms with Crippen LogP contribution in [0, 0.1) is 0 Å². The van der Waals surface area contributed by atoms with Gasteiger partial charge in [0.1, 0.15) is 0 Å². The number of nitrogens with zero attached hydrogens (tertiary/aromatic N) is 4. The van der Waals surface area contributed by atoms with Crippen LogP contribution in [-0.4, -0.2) is 33.9 Å². The third-order valence-electron chi connectivity index (χ3n) is 5.17. The van der Waals surface area contributed by atoms with Crippen molar-refractivity contribution >= 4 is 34.0 Å². The van der Waals surface area contributed by atoms with Gasteiger partial charge in [0.25, 0.3) is 11.5 Å². The number of carbonyl (C=O) groups excluding carboxylic acids is 2. The van der Waals surface area contributed by atoms with Gasteiger partial charge in [0.05, 0.1) is 11.1 Å². The maximum atomic E-state index is 12.7. The highest BCUT2D eigenvalue weighted by Gasteiger charge is 2.21. The first-order valence-corrected chi connectivity index (χ1v) is 9.67. The SMILES string of the molecule is C/C(=N/NC(=O)c1nn(C)c(=O)c2ccccc12)c1ccc(N2CCCC2=O)cc1. The maximum Gasteiger partial charge on any atom is 0.292 e. The summed E-state index contributed by atoms with van der Waals surface area (Å²) in [7, 11) is 1.51. The van der Waals surface area contributed by atoms with E-state index in [2.05, 4.69) is 15.6 Å². The number of benzene rings is 2. The number of hydrazone groups is 1. The molecular weight excluding hydrogens is 382 g/mol. The molecule has 30 heavy (non-hydrogen) atoms. The van der Waals surface area contributed by atoms with E-state index >= 15 is 0 Å². The second-order valence-corrected chi connectivity index (χ2v) is 7.16. The van der Waals surface area contributed by atoms with Crippen molar-refractivity contribution in [3.8, 4) is 0 Å². The molecule has 152 valence electrons. The van der Waals surface area contributed by atoms with Crippen LogP contribution in [0.25, 0.3) is 10.8 Å². The summed E-state index contributed by atoms with van der Waals surface area (Å²) in [4.78, 5) is 38.5. The van der Waals surface area contributed by atoms with E-state index < -0.39 is 5.91 Å². The Kier molecular flexibility index (Phi) is 5.14. The van der Waals surface area contributed by atoms with Gasteiger partial charge in [-0.1, -0.05) is 30.3 Å². The van der Waals surface area contributed by atoms with Crippen molar-refractivity contribution in [1.29, 1.82) is 0 Å². The summed E-state index contributed by atoms with van der Waals surface area (Å²) < 4.78 is 1.15. The lowest BCUT2D eigenvalue weighted by molar-refractivity contribution is -0.117. The van der Waals surface area contributed by atoms with Crippen molar-refractivity contribution in [3.63, 3.8) is 0 Å². The number of hydrogen-bond donors (Lipinski definition) is 1. The van der Waals surface area contributed by atoms with Crippen LogP contribution < -0.4 is 15.9 Å². The Bertz CT molecular complexity index is 1230. The van der Waals surface area contributed by atoms with Crippen LogP contribution >= 0.6 is 0 Å². The van der Waals surface area contributed by atoms with Crippen molar-refractivity contribution in [2.75, 3.05) is 11.4 Å². The molecule has 0 unspecified atom stereocenters. The van der Waals surface area contributed by atoms with E-state index in [0.29, 0.717) is 22.9 Å². The Labute approximate surface area is 172 Å². The largest absolute Gasteiger partial charge is 0.312 e. The van der Waals surface area contributed by atoms with Crippen LogP contribution in [0.2, 0.25) is 0 Å². The van der Waals surface area contributed by atoms with E-state index in [4.69, 9.17) is 0 Å². The summed E-state index contributed by atoms with van der Waals surface area (Å²) in [5, 5.41) is 9.18. The van der Waals surface area contributed by atoms with Gasteiger partial charge in [-0.25, -0.2) is 10.1 Å². The van der Waals surface area contributed by atoms with Gasteiger partial charge in [-0.15, -0.1) is 0 Å². The minimum Gasteiger partial charge on any atom is -0.312 e. The fraction of sp³-hybridized carbons (Fsp3) is 0.227. The predicted octanol–water partition coefficient (Wildman–Crippen LogP) is 2.21. The molecule has 0 atom stereocenters. The standard InChI is InChI=1S/C22H21N5O3/c1-14(15-9-11-16(12-10-15)27-13-5-8-19(27)28)23-24-21(29)20-17-6-3-4-7-18(17)22(30)26(2)25-20/h3-4,6-7,9-12H,5,8,13H2,1-2H3,(H,24,29)/b23-14-. The zero-order valence-corrected chi connectivity index (χ0v) is 16.8. The van der Waals surface area contributed by atoms with Crippen LogP contribution in [-0.2, 0) is 11.8 Å². The van der Waals surface area contributed by atoms with Gasteiger partial charge in [0.15, 0.2) is 5.69 Å². The highest BCUT2D eigenvalue weighted by atomic mass is 16.2. The highest BCUT2D eigenvalue weighted by molar-refractivity contribution is 6.06. The lowest BCUT2D eigenvalue weighted by Crippen LogP contribution is -2.27. The zero-order chi connectivity index (χ0) is 21.3. The molecule has 0 spiro atoms. The van der Waals surface area contributed by atoms with E-state index in [1.807, 2.05) is 24.3 Å². The molecule has 0 bridgehead atoms. The summed E-state index contributed by atoms with van der Waals surface area (Å²) in [6, 6.07) is 14.3. The average molecular weight is 403 g/mol. The molecule has 0 saturated carbocycles. The lowest BCUT2D eigenvalue weighted by atomic mass is 10.1. The molecule has 1 N–H and O–H groups in total. The number of aromatic nitrogens is 2. The number of rotatable bonds is 4. The molecular formula is C22H21N5O3. The van der Waals surface area contributed by atoms with Gasteiger partial charge in [-0.2, -0.15) is 10.2 Å². The first-order chi connectivity index (χ1) is 14.5. The Balaban J connectivity index is 1.54. The number of fused-ring (bicyclic) bond motifs is 1. The Morgan fingerprint density at radius 1 is 1.07 bits per heavy atom. The molecule has 4 rings (SSSR count). The lowest BCUT2D eigenvalue weighted by Gasteiger charge is -2.15. The third-order valence-corrected chi connectivity index (χ3v) is 5.17. The fourth-order valence-corrected chi connectivity index (χ4v) is 3.52. The molecule has 2 amide bonds. The van der Waals surface area contributed by atoms with Gasteiger partial charge < -0.3 is 4.90 Å². The number of aryl methyl sites for hydroxylation is 1. The van der Waals surface area contributed by atoms with Crippen LogP contribution in [0.4, 0.5) is 5.69 Å². The molecule has 1 aliphatic heterocycles. The third kappa shape index (κ3) is 3.59. The first kappa shape index (κ1) is 19.5. The molecule has 0 radical (unpaired) electrons. The summed E-state index contributed by atoms with van der Waals surface area (Å²) >= 11 is 0. The summed E-state index contributed by atoms with van der Waals surface area (Å²) in [6.45, 7) is 2.52. The predicted molar refractivity (Wildman–Crippen MR) is 115 cm³/mol. The van der Waals surface area contributed by atoms with E-state index in [0.717, 1.165) is 28.9 Å². The Hall–Kier alpha value is -3.81. The molecule has 8 heteroatoms. The molecule has 0 aliphatic carbocycles. The molecule has 1 aromatic heterocycles. The number of amides is 2. The number of hydrogen-bond acceptors (Lipinski definition) is 5. The topological polar surface area (TPSA) is 96.7 Å². The van der Waals surface area contributed by atoms with Crippen molar-refractivity contribution in [2.24, 2.45) is 12.1 Å². The van der Waals surface area contributed by atoms with E-state index in [9.17, 15) is 14.4 Å². The van der Waals surface area contributed by atoms with Crippen LogP contribution in [0.3, 0.4) is 0 Å². The van der Waals surface area contributed by atoms with Gasteiger partial charge in [0, 0.05) is 31.1 Å². The fourth-order valence-electron chi connectivity index (χ4n) is 3.52. The number of anilines is 1. The minimum absolute atomic E-state index is 0.132. The van der Waals surface area contributed by atoms with Crippen molar-refractivity contribution in [2.45, 2.75) is 19.8 Å². The molecule has 2 aromatic carbocycles. The maximum absolute atomic E-state index is 12.7. The smallest absolute Gasteiger partial charge is 0.292 e. The van der Waals surface area contributed by atoms with Crippen LogP contribution in [0.5, 0.6) is 0 Å². The van der Waals surface area contributed by atoms with Crippen LogP contribution in [0.15, 0.2) is 58.4 Å². The van der Waals surface area contributed by atoms with E-state index in [1.165, 1.54) is 7.05 Å². The molecule has 8 nitrogen and oxygen atoms in total. The number of carbonyl (C=O) groups is 2. The number of nitrogens with one attached hydrogen (secondary N) is 1. The van der Waals surface area contributed by atoms with Gasteiger partial charge in [-0.3, -0.25) is 14.4 Å². The monoisotopic (exact) mass is 403 g/mol. The summed E-state index contributed by atoms with van der Waals surface area (Å²) in [5.41, 5.74) is 4.68. The second-order valence-electron chi connectivity index (χ2n) is 7.16. The van der Waals surface area contributed by atoms with Crippen molar-refractivity contribution < 1.29 is 9.59 Å². The summed E-state index contributed by atoms with van der Waals surface area (Å²) in [5.74, 6) is -0.363. The quantitative estimate of drug-likeness (QED) is 0.534. The Morgan fingerprint density at radius 2 is 1.77 bits per heavy atom. The summed E-state index contributed by atoms with van der Waals surface area (Å²) in [6.07, 6.45) is 1.46. The Morgan fingerprint density at radius 3 is 2.43 bits per heavy atom. The average Bonchev–Trinajstić information content (AvgIpc) is 3.20. The van der Waals surface area contributed by atoms with E-state index in [1.54, 1.807) is 36.1 Å². The molecule has 1 fully saturated rings. The van der Waals surface area contributed by atoms with Gasteiger partial charge >= 0.3 is 0 Å². The van der Waals surface area contributed by atoms with Crippen molar-refractivity contribution in [3.05, 3.63) is 70.1 Å².